The third-order valence-electron chi connectivity index (χ3n) is 3.33. The Morgan fingerprint density at radius 3 is 2.11 bits per heavy atom. The molecule has 0 spiro atoms. The first-order valence-electron chi connectivity index (χ1n) is 3.82. The normalized spacial score (nSPS) is 66.6. The molecule has 0 heterocycles. The van der Waals surface area contributed by atoms with Crippen LogP contribution in [0.2, 0.25) is 0 Å². The summed E-state index contributed by atoms with van der Waals surface area (Å²) in [7, 11) is 0. The van der Waals surface area contributed by atoms with Crippen LogP contribution in [0.3, 0.4) is 0 Å². The van der Waals surface area contributed by atoms with Crippen LogP contribution in [0.15, 0.2) is 12.2 Å². The maximum absolute atomic E-state index is 5.85. The fourth-order valence-electron chi connectivity index (χ4n) is 2.85. The minimum atomic E-state index is 0.573. The maximum Gasteiger partial charge on any atom is 0.0114 e. The number of nitrogens with two attached hydrogens (primary N) is 1. The first kappa shape index (κ1) is 4.51. The molecule has 3 rings (SSSR count). The predicted molar refractivity (Wildman–Crippen MR) is 35.7 cm³/mol. The molecule has 3 aliphatic rings. The van der Waals surface area contributed by atoms with E-state index in [0.717, 1.165) is 23.7 Å². The molecule has 2 N–H and O–H groups in total. The van der Waals surface area contributed by atoms with E-state index < -0.39 is 0 Å². The van der Waals surface area contributed by atoms with Crippen LogP contribution >= 0.6 is 0 Å². The minimum absolute atomic E-state index is 0.573. The van der Waals surface area contributed by atoms with Crippen molar-refractivity contribution in [3.63, 3.8) is 0 Å². The first-order chi connectivity index (χ1) is 4.38. The number of hydrogen-bond acceptors (Lipinski definition) is 1. The van der Waals surface area contributed by atoms with Gasteiger partial charge in [-0.3, -0.25) is 0 Å². The highest BCUT2D eigenvalue weighted by atomic mass is 14.8. The smallest absolute Gasteiger partial charge is 0.0114 e. The largest absolute Gasteiger partial charge is 0.327 e. The fraction of sp³-hybridized carbons (Fsp3) is 0.750. The molecule has 0 unspecified atom stereocenters. The van der Waals surface area contributed by atoms with Gasteiger partial charge >= 0.3 is 0 Å². The number of fused-ring (bicyclic) bond motifs is 5. The van der Waals surface area contributed by atoms with Crippen LogP contribution in [-0.2, 0) is 0 Å². The van der Waals surface area contributed by atoms with Gasteiger partial charge < -0.3 is 5.73 Å². The summed E-state index contributed by atoms with van der Waals surface area (Å²) < 4.78 is 0. The second-order valence-electron chi connectivity index (χ2n) is 3.68. The van der Waals surface area contributed by atoms with Gasteiger partial charge in [-0.1, -0.05) is 12.2 Å². The van der Waals surface area contributed by atoms with E-state index in [0.29, 0.717) is 6.04 Å². The Bertz CT molecular complexity index is 167. The van der Waals surface area contributed by atoms with Gasteiger partial charge in [0.05, 0.1) is 0 Å². The van der Waals surface area contributed by atoms with Crippen molar-refractivity contribution >= 4 is 0 Å². The van der Waals surface area contributed by atoms with Crippen molar-refractivity contribution in [3.05, 3.63) is 12.2 Å². The van der Waals surface area contributed by atoms with Crippen molar-refractivity contribution < 1.29 is 0 Å². The van der Waals surface area contributed by atoms with E-state index in [4.69, 9.17) is 5.73 Å². The highest BCUT2D eigenvalue weighted by Crippen LogP contribution is 2.61. The molecule has 0 amide bonds. The van der Waals surface area contributed by atoms with Crippen LogP contribution in [0.4, 0.5) is 0 Å². The monoisotopic (exact) mass is 121 g/mol. The van der Waals surface area contributed by atoms with Crippen LogP contribution in [0.25, 0.3) is 0 Å². The zero-order chi connectivity index (χ0) is 6.01. The standard InChI is InChI=1S/C8H11N/c9-8-6-4-1-2-5(3-4)7(6)8/h1-2,4-8H,3,9H2/t4-,5-,6-,7-/m1/s1. The van der Waals surface area contributed by atoms with E-state index in [-0.39, 0.29) is 0 Å². The van der Waals surface area contributed by atoms with Gasteiger partial charge in [-0.2, -0.15) is 0 Å². The average Bonchev–Trinajstić information content (AvgIpc) is 2.29. The lowest BCUT2D eigenvalue weighted by atomic mass is 10.1. The summed E-state index contributed by atoms with van der Waals surface area (Å²) in [5, 5.41) is 0. The zero-order valence-electron chi connectivity index (χ0n) is 5.33. The molecular weight excluding hydrogens is 110 g/mol. The maximum atomic E-state index is 5.85. The van der Waals surface area contributed by atoms with Crippen molar-refractivity contribution in [2.24, 2.45) is 29.4 Å². The Labute approximate surface area is 54.9 Å². The molecular formula is C8H11N. The Morgan fingerprint density at radius 1 is 1.11 bits per heavy atom. The summed E-state index contributed by atoms with van der Waals surface area (Å²) >= 11 is 0. The molecule has 0 saturated heterocycles. The number of hydrogen-bond donors (Lipinski definition) is 1. The summed E-state index contributed by atoms with van der Waals surface area (Å²) in [6, 6.07) is 0.573. The van der Waals surface area contributed by atoms with Crippen LogP contribution in [0.5, 0.6) is 0 Å². The molecule has 4 atom stereocenters. The van der Waals surface area contributed by atoms with Crippen molar-refractivity contribution in [1.82, 2.24) is 0 Å². The fourth-order valence-corrected chi connectivity index (χ4v) is 2.85. The van der Waals surface area contributed by atoms with Crippen molar-refractivity contribution in [1.29, 1.82) is 0 Å². The lowest BCUT2D eigenvalue weighted by Gasteiger charge is -2.02. The van der Waals surface area contributed by atoms with Crippen molar-refractivity contribution in [2.45, 2.75) is 12.5 Å². The molecule has 2 fully saturated rings. The van der Waals surface area contributed by atoms with E-state index in [1.165, 1.54) is 6.42 Å². The zero-order valence-corrected chi connectivity index (χ0v) is 5.33. The average molecular weight is 121 g/mol. The van der Waals surface area contributed by atoms with Gasteiger partial charge in [0.15, 0.2) is 0 Å². The van der Waals surface area contributed by atoms with Gasteiger partial charge in [0.25, 0.3) is 0 Å². The van der Waals surface area contributed by atoms with E-state index in [9.17, 15) is 0 Å². The molecule has 0 aromatic rings. The van der Waals surface area contributed by atoms with E-state index >= 15 is 0 Å². The summed E-state index contributed by atoms with van der Waals surface area (Å²) in [4.78, 5) is 0. The number of rotatable bonds is 0. The van der Waals surface area contributed by atoms with Gasteiger partial charge in [-0.15, -0.1) is 0 Å². The molecule has 1 nitrogen and oxygen atoms in total. The topological polar surface area (TPSA) is 26.0 Å². The molecule has 9 heavy (non-hydrogen) atoms. The Balaban J connectivity index is 2.03. The molecule has 0 aromatic heterocycles. The van der Waals surface area contributed by atoms with Gasteiger partial charge in [0, 0.05) is 6.04 Å². The van der Waals surface area contributed by atoms with Crippen molar-refractivity contribution in [3.8, 4) is 0 Å². The van der Waals surface area contributed by atoms with Crippen LogP contribution in [-0.4, -0.2) is 6.04 Å². The Morgan fingerprint density at radius 2 is 1.67 bits per heavy atom. The van der Waals surface area contributed by atoms with Crippen LogP contribution in [0.1, 0.15) is 6.42 Å². The SMILES string of the molecule is NC1[C@H]2[C@H]1[C@@H]1C=C[C@@H]2C1. The van der Waals surface area contributed by atoms with E-state index in [1.807, 2.05) is 0 Å². The molecule has 0 aromatic carbocycles. The second kappa shape index (κ2) is 1.10. The molecule has 0 radical (unpaired) electrons. The highest BCUT2D eigenvalue weighted by molar-refractivity contribution is 5.25. The Hall–Kier alpha value is -0.300. The molecule has 2 bridgehead atoms. The highest BCUT2D eigenvalue weighted by Gasteiger charge is 2.61. The van der Waals surface area contributed by atoms with E-state index in [1.54, 1.807) is 0 Å². The third-order valence-corrected chi connectivity index (χ3v) is 3.33. The molecule has 48 valence electrons. The van der Waals surface area contributed by atoms with Gasteiger partial charge in [0.1, 0.15) is 0 Å². The van der Waals surface area contributed by atoms with Gasteiger partial charge in [-0.25, -0.2) is 0 Å². The summed E-state index contributed by atoms with van der Waals surface area (Å²) in [6.07, 6.45) is 6.17. The Kier molecular flexibility index (Phi) is 0.552. The van der Waals surface area contributed by atoms with Gasteiger partial charge in [-0.05, 0) is 30.1 Å². The molecule has 2 saturated carbocycles. The van der Waals surface area contributed by atoms with Gasteiger partial charge in [0.2, 0.25) is 0 Å². The molecule has 1 heteroatoms. The second-order valence-corrected chi connectivity index (χ2v) is 3.68. The third kappa shape index (κ3) is 0.351. The predicted octanol–water partition coefficient (Wildman–Crippen LogP) is 0.766. The number of allylic oxidation sites excluding steroid dienone is 2. The van der Waals surface area contributed by atoms with Crippen LogP contribution in [0, 0.1) is 23.7 Å². The minimum Gasteiger partial charge on any atom is -0.327 e. The van der Waals surface area contributed by atoms with E-state index in [2.05, 4.69) is 12.2 Å². The van der Waals surface area contributed by atoms with Crippen LogP contribution < -0.4 is 5.73 Å². The lowest BCUT2D eigenvalue weighted by Crippen LogP contribution is -2.12. The molecule has 3 aliphatic carbocycles. The summed E-state index contributed by atoms with van der Waals surface area (Å²) in [5.74, 6) is 3.57. The first-order valence-corrected chi connectivity index (χ1v) is 3.82. The van der Waals surface area contributed by atoms with Crippen molar-refractivity contribution in [2.75, 3.05) is 0 Å². The molecule has 0 aliphatic heterocycles. The quantitative estimate of drug-likeness (QED) is 0.470. The summed E-state index contributed by atoms with van der Waals surface area (Å²) in [6.45, 7) is 0. The summed E-state index contributed by atoms with van der Waals surface area (Å²) in [5.41, 5.74) is 5.85. The lowest BCUT2D eigenvalue weighted by molar-refractivity contribution is 0.540.